The van der Waals surface area contributed by atoms with Gasteiger partial charge in [-0.05, 0) is 73.2 Å². The number of aromatic nitrogens is 1. The number of aryl methyl sites for hydroxylation is 1. The van der Waals surface area contributed by atoms with Gasteiger partial charge in [-0.2, -0.15) is 0 Å². The zero-order valence-corrected chi connectivity index (χ0v) is 18.9. The minimum absolute atomic E-state index is 0.188. The van der Waals surface area contributed by atoms with Crippen molar-refractivity contribution in [1.82, 2.24) is 9.47 Å². The maximum absolute atomic E-state index is 14.3. The summed E-state index contributed by atoms with van der Waals surface area (Å²) < 4.78 is 16.5. The Morgan fingerprint density at radius 1 is 0.970 bits per heavy atom. The van der Waals surface area contributed by atoms with Crippen molar-refractivity contribution in [1.29, 1.82) is 0 Å². The molecule has 0 fully saturated rings. The number of halogens is 1. The molecule has 4 nitrogen and oxygen atoms in total. The molecule has 2 aromatic heterocycles. The van der Waals surface area contributed by atoms with Gasteiger partial charge < -0.3 is 14.8 Å². The lowest BCUT2D eigenvalue weighted by molar-refractivity contribution is 0.194. The van der Waals surface area contributed by atoms with Crippen LogP contribution in [-0.2, 0) is 19.4 Å². The van der Waals surface area contributed by atoms with Gasteiger partial charge in [-0.1, -0.05) is 30.3 Å². The van der Waals surface area contributed by atoms with E-state index >= 15 is 0 Å². The summed E-state index contributed by atoms with van der Waals surface area (Å²) in [6, 6.07) is 19.6. The Bertz CT molecular complexity index is 1330. The van der Waals surface area contributed by atoms with Gasteiger partial charge >= 0.3 is 6.03 Å². The Balaban J connectivity index is 1.51. The first-order chi connectivity index (χ1) is 16.2. The van der Waals surface area contributed by atoms with Gasteiger partial charge in [0.1, 0.15) is 10.8 Å². The number of carbonyl (C=O) groups is 1. The van der Waals surface area contributed by atoms with Crippen molar-refractivity contribution in [2.24, 2.45) is 0 Å². The number of hydrogen-bond acceptors (Lipinski definition) is 2. The van der Waals surface area contributed by atoms with Crippen LogP contribution in [0.15, 0.2) is 72.9 Å². The molecule has 0 saturated carbocycles. The van der Waals surface area contributed by atoms with E-state index in [1.165, 1.54) is 39.9 Å². The van der Waals surface area contributed by atoms with E-state index < -0.39 is 6.04 Å². The Hall–Kier alpha value is -3.38. The van der Waals surface area contributed by atoms with E-state index in [-0.39, 0.29) is 11.8 Å². The van der Waals surface area contributed by atoms with E-state index in [0.29, 0.717) is 6.54 Å². The fraction of sp³-hybridized carbons (Fsp3) is 0.222. The molecule has 2 aromatic carbocycles. The van der Waals surface area contributed by atoms with Crippen molar-refractivity contribution in [2.45, 2.75) is 38.3 Å². The highest BCUT2D eigenvalue weighted by molar-refractivity contribution is 7.15. The largest absolute Gasteiger partial charge is 0.322 e. The van der Waals surface area contributed by atoms with Crippen LogP contribution in [0.1, 0.15) is 46.1 Å². The predicted molar refractivity (Wildman–Crippen MR) is 130 cm³/mol. The number of benzene rings is 2. The second kappa shape index (κ2) is 8.19. The first-order valence-corrected chi connectivity index (χ1v) is 12.2. The lowest BCUT2D eigenvalue weighted by atomic mass is 9.95. The quantitative estimate of drug-likeness (QED) is 0.358. The average molecular weight is 458 g/mol. The first-order valence-electron chi connectivity index (χ1n) is 11.4. The standard InChI is InChI=1S/C27H24FN3OS/c28-19-9-6-8-18(16-19)25-23-13-7-15-30(23)26-22(21-12-4-5-14-24(21)33-26)17-31(25)27(32)29-20-10-2-1-3-11-20/h1-3,6-11,13,15-16,25H,4-5,12,14,17H2,(H,29,32). The molecule has 33 heavy (non-hydrogen) atoms. The van der Waals surface area contributed by atoms with Crippen LogP contribution in [0.25, 0.3) is 5.00 Å². The average Bonchev–Trinajstić information content (AvgIpc) is 3.41. The second-order valence-corrected chi connectivity index (χ2v) is 9.76. The van der Waals surface area contributed by atoms with Crippen LogP contribution >= 0.6 is 11.3 Å². The summed E-state index contributed by atoms with van der Waals surface area (Å²) in [5, 5.41) is 4.26. The molecule has 6 rings (SSSR count). The fourth-order valence-corrected chi connectivity index (χ4v) is 6.53. The third kappa shape index (κ3) is 3.55. The van der Waals surface area contributed by atoms with Gasteiger partial charge in [0.05, 0.1) is 18.3 Å². The lowest BCUT2D eigenvalue weighted by Gasteiger charge is -2.31. The number of rotatable bonds is 2. The van der Waals surface area contributed by atoms with Gasteiger partial charge in [-0.3, -0.25) is 0 Å². The number of nitrogens with one attached hydrogen (secondary N) is 1. The minimum atomic E-state index is -0.404. The molecular weight excluding hydrogens is 433 g/mol. The molecule has 4 aromatic rings. The monoisotopic (exact) mass is 457 g/mol. The third-order valence-corrected chi connectivity index (χ3v) is 7.96. The van der Waals surface area contributed by atoms with E-state index in [0.717, 1.165) is 29.8 Å². The van der Waals surface area contributed by atoms with E-state index in [1.807, 2.05) is 64.8 Å². The number of hydrogen-bond donors (Lipinski definition) is 1. The highest BCUT2D eigenvalue weighted by atomic mass is 32.1. The summed E-state index contributed by atoms with van der Waals surface area (Å²) in [7, 11) is 0. The SMILES string of the molecule is O=C(Nc1ccccc1)N1Cc2c(sc3c2CCCC3)-n2cccc2C1c1cccc(F)c1. The highest BCUT2D eigenvalue weighted by Gasteiger charge is 2.36. The Labute approximate surface area is 196 Å². The maximum atomic E-state index is 14.3. The normalized spacial score (nSPS) is 17.0. The molecule has 1 unspecified atom stereocenters. The number of anilines is 1. The smallest absolute Gasteiger partial charge is 0.310 e. The zero-order chi connectivity index (χ0) is 22.4. The molecule has 3 heterocycles. The van der Waals surface area contributed by atoms with Crippen LogP contribution in [0.5, 0.6) is 0 Å². The van der Waals surface area contributed by atoms with Crippen LogP contribution < -0.4 is 5.32 Å². The Morgan fingerprint density at radius 3 is 2.67 bits per heavy atom. The van der Waals surface area contributed by atoms with Gasteiger partial charge in [0.15, 0.2) is 0 Å². The second-order valence-electron chi connectivity index (χ2n) is 8.68. The number of carbonyl (C=O) groups excluding carboxylic acids is 1. The van der Waals surface area contributed by atoms with Crippen LogP contribution in [0.3, 0.4) is 0 Å². The van der Waals surface area contributed by atoms with Crippen molar-refractivity contribution < 1.29 is 9.18 Å². The molecule has 0 radical (unpaired) electrons. The first kappa shape index (κ1) is 20.2. The Morgan fingerprint density at radius 2 is 1.82 bits per heavy atom. The van der Waals surface area contributed by atoms with Gasteiger partial charge in [-0.25, -0.2) is 9.18 Å². The molecule has 0 saturated heterocycles. The summed E-state index contributed by atoms with van der Waals surface area (Å²) in [5.41, 5.74) is 5.11. The summed E-state index contributed by atoms with van der Waals surface area (Å²) in [5.74, 6) is -0.301. The van der Waals surface area contributed by atoms with Crippen molar-refractivity contribution in [3.63, 3.8) is 0 Å². The summed E-state index contributed by atoms with van der Waals surface area (Å²) >= 11 is 1.85. The lowest BCUT2D eigenvalue weighted by Crippen LogP contribution is -2.38. The van der Waals surface area contributed by atoms with Crippen LogP contribution in [-0.4, -0.2) is 15.5 Å². The van der Waals surface area contributed by atoms with Gasteiger partial charge in [0, 0.05) is 22.3 Å². The van der Waals surface area contributed by atoms with E-state index in [9.17, 15) is 9.18 Å². The summed E-state index contributed by atoms with van der Waals surface area (Å²) in [6.45, 7) is 0.489. The van der Waals surface area contributed by atoms with Gasteiger partial charge in [0.2, 0.25) is 0 Å². The summed E-state index contributed by atoms with van der Waals surface area (Å²) in [6.07, 6.45) is 6.62. The van der Waals surface area contributed by atoms with E-state index in [4.69, 9.17) is 0 Å². The number of amides is 2. The third-order valence-electron chi connectivity index (χ3n) is 6.63. The van der Waals surface area contributed by atoms with E-state index in [2.05, 4.69) is 16.1 Å². The van der Waals surface area contributed by atoms with Gasteiger partial charge in [-0.15, -0.1) is 11.3 Å². The molecule has 2 amide bonds. The molecule has 1 aliphatic carbocycles. The van der Waals surface area contributed by atoms with Crippen molar-refractivity contribution >= 4 is 23.1 Å². The molecule has 0 spiro atoms. The van der Waals surface area contributed by atoms with Crippen molar-refractivity contribution in [2.75, 3.05) is 5.32 Å². The molecule has 166 valence electrons. The molecule has 0 bridgehead atoms. The Kier molecular flexibility index (Phi) is 5.03. The number of thiophene rings is 1. The topological polar surface area (TPSA) is 37.3 Å². The van der Waals surface area contributed by atoms with Gasteiger partial charge in [0.25, 0.3) is 0 Å². The van der Waals surface area contributed by atoms with Crippen LogP contribution in [0.4, 0.5) is 14.9 Å². The number of urea groups is 1. The molecule has 1 N–H and O–H groups in total. The molecule has 1 aliphatic heterocycles. The molecule has 2 aliphatic rings. The van der Waals surface area contributed by atoms with E-state index in [1.54, 1.807) is 12.1 Å². The van der Waals surface area contributed by atoms with Crippen LogP contribution in [0, 0.1) is 5.82 Å². The molecule has 1 atom stereocenters. The number of fused-ring (bicyclic) bond motifs is 5. The maximum Gasteiger partial charge on any atom is 0.322 e. The predicted octanol–water partition coefficient (Wildman–Crippen LogP) is 6.69. The zero-order valence-electron chi connectivity index (χ0n) is 18.1. The van der Waals surface area contributed by atoms with Crippen LogP contribution in [0.2, 0.25) is 0 Å². The highest BCUT2D eigenvalue weighted by Crippen LogP contribution is 2.44. The summed E-state index contributed by atoms with van der Waals surface area (Å²) in [4.78, 5) is 17.0. The number of nitrogens with zero attached hydrogens (tertiary/aromatic N) is 2. The molecule has 6 heteroatoms. The van der Waals surface area contributed by atoms with Crippen molar-refractivity contribution in [3.8, 4) is 5.00 Å². The number of para-hydroxylation sites is 1. The van der Waals surface area contributed by atoms with Crippen molar-refractivity contribution in [3.05, 3.63) is 106 Å². The minimum Gasteiger partial charge on any atom is -0.310 e. The molecular formula is C27H24FN3OS. The fourth-order valence-electron chi connectivity index (χ4n) is 5.13.